The van der Waals surface area contributed by atoms with E-state index in [2.05, 4.69) is 43.2 Å². The highest BCUT2D eigenvalue weighted by molar-refractivity contribution is 7.98. The molecular formula is C17H30ClN3OS. The molecule has 23 heavy (non-hydrogen) atoms. The molecule has 6 heteroatoms. The molecule has 0 saturated heterocycles. The number of hydrogen-bond donors (Lipinski definition) is 2. The normalized spacial score (nSPS) is 12.1. The summed E-state index contributed by atoms with van der Waals surface area (Å²) in [6.45, 7) is 5.76. The number of benzene rings is 1. The summed E-state index contributed by atoms with van der Waals surface area (Å²) >= 11 is 1.71. The molecule has 1 amide bonds. The average Bonchev–Trinajstić information content (AvgIpc) is 2.51. The van der Waals surface area contributed by atoms with E-state index in [-0.39, 0.29) is 18.3 Å². The third-order valence-corrected chi connectivity index (χ3v) is 4.49. The van der Waals surface area contributed by atoms with Crippen LogP contribution in [0, 0.1) is 0 Å². The van der Waals surface area contributed by atoms with Crippen molar-refractivity contribution in [3.8, 4) is 0 Å². The fourth-order valence-corrected chi connectivity index (χ4v) is 2.51. The van der Waals surface area contributed by atoms with Gasteiger partial charge in [-0.05, 0) is 50.5 Å². The van der Waals surface area contributed by atoms with Gasteiger partial charge in [0.05, 0.1) is 6.04 Å². The van der Waals surface area contributed by atoms with Crippen molar-refractivity contribution in [3.05, 3.63) is 35.4 Å². The van der Waals surface area contributed by atoms with Crippen molar-refractivity contribution in [3.63, 3.8) is 0 Å². The number of amides is 1. The lowest BCUT2D eigenvalue weighted by atomic mass is 10.1. The van der Waals surface area contributed by atoms with Crippen molar-refractivity contribution < 1.29 is 4.79 Å². The van der Waals surface area contributed by atoms with Gasteiger partial charge in [-0.2, -0.15) is 11.8 Å². The van der Waals surface area contributed by atoms with Gasteiger partial charge in [0.15, 0.2) is 0 Å². The molecule has 0 aromatic heterocycles. The molecule has 0 fully saturated rings. The number of carbonyl (C=O) groups is 1. The highest BCUT2D eigenvalue weighted by Crippen LogP contribution is 2.12. The Bertz CT molecular complexity index is 471. The first-order valence-corrected chi connectivity index (χ1v) is 9.14. The first kappa shape index (κ1) is 22.2. The van der Waals surface area contributed by atoms with Crippen LogP contribution in [-0.4, -0.2) is 41.9 Å². The van der Waals surface area contributed by atoms with Crippen LogP contribution in [0.25, 0.3) is 0 Å². The lowest BCUT2D eigenvalue weighted by molar-refractivity contribution is -0.122. The first-order chi connectivity index (χ1) is 10.5. The summed E-state index contributed by atoms with van der Waals surface area (Å²) in [4.78, 5) is 14.3. The summed E-state index contributed by atoms with van der Waals surface area (Å²) < 4.78 is 0. The number of halogens is 1. The van der Waals surface area contributed by atoms with Crippen LogP contribution in [0.4, 0.5) is 0 Å². The molecule has 1 atom stereocenters. The van der Waals surface area contributed by atoms with E-state index >= 15 is 0 Å². The third kappa shape index (κ3) is 8.06. The van der Waals surface area contributed by atoms with Gasteiger partial charge in [-0.3, -0.25) is 9.69 Å². The van der Waals surface area contributed by atoms with Crippen LogP contribution < -0.4 is 11.1 Å². The van der Waals surface area contributed by atoms with Gasteiger partial charge in [0, 0.05) is 19.1 Å². The molecule has 1 aromatic carbocycles. The summed E-state index contributed by atoms with van der Waals surface area (Å²) in [5.74, 6) is 0.839. The molecule has 0 aliphatic rings. The second kappa shape index (κ2) is 11.7. The number of carbonyl (C=O) groups excluding carboxylic acids is 1. The van der Waals surface area contributed by atoms with Gasteiger partial charge in [0.1, 0.15) is 0 Å². The standard InChI is InChI=1S/C17H29N3OS.ClH/c1-13(2)20(3)12-15-8-6-5-7-14(15)11-19-17(21)16(18)9-10-22-4;/h5-8,13,16H,9-12,18H2,1-4H3,(H,19,21);1H. The van der Waals surface area contributed by atoms with E-state index in [0.717, 1.165) is 17.9 Å². The molecule has 0 aliphatic heterocycles. The van der Waals surface area contributed by atoms with E-state index in [0.29, 0.717) is 19.0 Å². The van der Waals surface area contributed by atoms with Crippen molar-refractivity contribution in [2.24, 2.45) is 5.73 Å². The van der Waals surface area contributed by atoms with E-state index < -0.39 is 6.04 Å². The SMILES string of the molecule is CSCCC(N)C(=O)NCc1ccccc1CN(C)C(C)C.Cl. The Kier molecular flexibility index (Phi) is 11.4. The molecule has 3 N–H and O–H groups in total. The molecular weight excluding hydrogens is 330 g/mol. The van der Waals surface area contributed by atoms with Gasteiger partial charge in [-0.15, -0.1) is 12.4 Å². The van der Waals surface area contributed by atoms with E-state index in [1.807, 2.05) is 18.4 Å². The molecule has 0 spiro atoms. The zero-order chi connectivity index (χ0) is 16.5. The van der Waals surface area contributed by atoms with Crippen LogP contribution in [0.15, 0.2) is 24.3 Å². The highest BCUT2D eigenvalue weighted by atomic mass is 35.5. The molecule has 0 aliphatic carbocycles. The minimum Gasteiger partial charge on any atom is -0.351 e. The summed E-state index contributed by atoms with van der Waals surface area (Å²) in [6.07, 6.45) is 2.73. The fraction of sp³-hybridized carbons (Fsp3) is 0.588. The lowest BCUT2D eigenvalue weighted by Crippen LogP contribution is -2.40. The molecule has 1 aromatic rings. The van der Waals surface area contributed by atoms with Crippen LogP contribution >= 0.6 is 24.2 Å². The summed E-state index contributed by atoms with van der Waals surface area (Å²) in [5.41, 5.74) is 8.29. The Morgan fingerprint density at radius 1 is 1.30 bits per heavy atom. The highest BCUT2D eigenvalue weighted by Gasteiger charge is 2.13. The minimum atomic E-state index is -0.419. The Balaban J connectivity index is 0.00000484. The molecule has 0 radical (unpaired) electrons. The quantitative estimate of drug-likeness (QED) is 0.711. The number of nitrogens with zero attached hydrogens (tertiary/aromatic N) is 1. The van der Waals surface area contributed by atoms with Gasteiger partial charge >= 0.3 is 0 Å². The zero-order valence-corrected chi connectivity index (χ0v) is 16.2. The van der Waals surface area contributed by atoms with Gasteiger partial charge in [-0.1, -0.05) is 24.3 Å². The van der Waals surface area contributed by atoms with Gasteiger partial charge < -0.3 is 11.1 Å². The largest absolute Gasteiger partial charge is 0.351 e. The Morgan fingerprint density at radius 2 is 1.91 bits per heavy atom. The van der Waals surface area contributed by atoms with E-state index in [1.165, 1.54) is 5.56 Å². The second-order valence-electron chi connectivity index (χ2n) is 5.88. The number of thioether (sulfide) groups is 1. The molecule has 4 nitrogen and oxygen atoms in total. The predicted molar refractivity (Wildman–Crippen MR) is 103 cm³/mol. The van der Waals surface area contributed by atoms with E-state index in [1.54, 1.807) is 11.8 Å². The number of hydrogen-bond acceptors (Lipinski definition) is 4. The van der Waals surface area contributed by atoms with Crippen molar-refractivity contribution in [1.29, 1.82) is 0 Å². The predicted octanol–water partition coefficient (Wildman–Crippen LogP) is 2.65. The Labute approximate surface area is 151 Å². The van der Waals surface area contributed by atoms with E-state index in [9.17, 15) is 4.79 Å². The molecule has 1 unspecified atom stereocenters. The Hall–Kier alpha value is -0.750. The maximum Gasteiger partial charge on any atom is 0.237 e. The topological polar surface area (TPSA) is 58.4 Å². The maximum absolute atomic E-state index is 12.0. The van der Waals surface area contributed by atoms with Gasteiger partial charge in [0.2, 0.25) is 5.91 Å². The molecule has 0 bridgehead atoms. The summed E-state index contributed by atoms with van der Waals surface area (Å²) in [5, 5.41) is 2.96. The van der Waals surface area contributed by atoms with E-state index in [4.69, 9.17) is 5.73 Å². The molecule has 0 heterocycles. The van der Waals surface area contributed by atoms with Gasteiger partial charge in [0.25, 0.3) is 0 Å². The van der Waals surface area contributed by atoms with Crippen molar-refractivity contribution >= 4 is 30.1 Å². The lowest BCUT2D eigenvalue weighted by Gasteiger charge is -2.22. The maximum atomic E-state index is 12.0. The smallest absolute Gasteiger partial charge is 0.237 e. The number of nitrogens with one attached hydrogen (secondary N) is 1. The van der Waals surface area contributed by atoms with Crippen molar-refractivity contribution in [2.45, 2.75) is 45.4 Å². The third-order valence-electron chi connectivity index (χ3n) is 3.84. The summed E-state index contributed by atoms with van der Waals surface area (Å²) in [6, 6.07) is 8.30. The summed E-state index contributed by atoms with van der Waals surface area (Å²) in [7, 11) is 2.11. The van der Waals surface area contributed by atoms with Crippen molar-refractivity contribution in [1.82, 2.24) is 10.2 Å². The number of rotatable bonds is 9. The van der Waals surface area contributed by atoms with Crippen LogP contribution in [-0.2, 0) is 17.9 Å². The fourth-order valence-electron chi connectivity index (χ4n) is 2.02. The zero-order valence-electron chi connectivity index (χ0n) is 14.5. The Morgan fingerprint density at radius 3 is 2.48 bits per heavy atom. The molecule has 1 rings (SSSR count). The minimum absolute atomic E-state index is 0. The van der Waals surface area contributed by atoms with Crippen LogP contribution in [0.5, 0.6) is 0 Å². The van der Waals surface area contributed by atoms with Crippen LogP contribution in [0.1, 0.15) is 31.4 Å². The van der Waals surface area contributed by atoms with Crippen LogP contribution in [0.3, 0.4) is 0 Å². The van der Waals surface area contributed by atoms with Crippen LogP contribution in [0.2, 0.25) is 0 Å². The molecule has 0 saturated carbocycles. The van der Waals surface area contributed by atoms with Gasteiger partial charge in [-0.25, -0.2) is 0 Å². The second-order valence-corrected chi connectivity index (χ2v) is 6.87. The number of nitrogens with two attached hydrogens (primary N) is 1. The monoisotopic (exact) mass is 359 g/mol. The van der Waals surface area contributed by atoms with Crippen molar-refractivity contribution in [2.75, 3.05) is 19.1 Å². The average molecular weight is 360 g/mol. The first-order valence-electron chi connectivity index (χ1n) is 7.75. The molecule has 132 valence electrons.